The summed E-state index contributed by atoms with van der Waals surface area (Å²) >= 11 is 1.29. The molecule has 120 valence electrons. The molecule has 0 amide bonds. The number of aliphatic imine (C=N–C) groups is 1. The number of aryl methyl sites for hydroxylation is 1. The number of hydrogen-bond donors (Lipinski definition) is 1. The summed E-state index contributed by atoms with van der Waals surface area (Å²) in [4.78, 5) is 35.5. The van der Waals surface area contributed by atoms with Crippen LogP contribution in [0.5, 0.6) is 0 Å². The van der Waals surface area contributed by atoms with E-state index in [1.807, 2.05) is 7.05 Å². The number of thiazole rings is 1. The van der Waals surface area contributed by atoms with E-state index in [9.17, 15) is 9.59 Å². The third-order valence-corrected chi connectivity index (χ3v) is 4.55. The van der Waals surface area contributed by atoms with Gasteiger partial charge in [0.15, 0.2) is 5.78 Å². The molecule has 1 aromatic rings. The Morgan fingerprint density at radius 1 is 1.32 bits per heavy atom. The van der Waals surface area contributed by atoms with Crippen molar-refractivity contribution in [2.45, 2.75) is 26.2 Å². The summed E-state index contributed by atoms with van der Waals surface area (Å²) in [5.74, 6) is -0.227. The molecular weight excluding hydrogens is 300 g/mol. The van der Waals surface area contributed by atoms with Crippen molar-refractivity contribution in [3.05, 3.63) is 15.6 Å². The first-order valence-corrected chi connectivity index (χ1v) is 8.32. The lowest BCUT2D eigenvalue weighted by molar-refractivity contribution is 0.0966. The normalized spacial score (nSPS) is 16.6. The highest BCUT2D eigenvalue weighted by atomic mass is 32.1. The second-order valence-electron chi connectivity index (χ2n) is 5.47. The number of nitrogens with zero attached hydrogens (tertiary/aromatic N) is 3. The highest BCUT2D eigenvalue weighted by molar-refractivity contribution is 7.14. The predicted octanol–water partition coefficient (Wildman–Crippen LogP) is 1.33. The van der Waals surface area contributed by atoms with E-state index in [0.29, 0.717) is 23.7 Å². The molecule has 1 aromatic heterocycles. The first kappa shape index (κ1) is 16.9. The molecule has 0 spiro atoms. The van der Waals surface area contributed by atoms with E-state index >= 15 is 0 Å². The van der Waals surface area contributed by atoms with Gasteiger partial charge in [-0.05, 0) is 46.4 Å². The average molecular weight is 322 g/mol. The Hall–Kier alpha value is -1.44. The van der Waals surface area contributed by atoms with Crippen molar-refractivity contribution in [3.63, 3.8) is 0 Å². The monoisotopic (exact) mass is 322 g/mol. The van der Waals surface area contributed by atoms with Crippen LogP contribution < -0.4 is 5.73 Å². The molecule has 7 heteroatoms. The zero-order valence-electron chi connectivity index (χ0n) is 13.1. The number of carbonyl (C=O) groups is 2. The Labute approximate surface area is 134 Å². The van der Waals surface area contributed by atoms with Crippen LogP contribution in [0.15, 0.2) is 4.99 Å². The summed E-state index contributed by atoms with van der Waals surface area (Å²) in [5, 5.41) is 0.745. The Morgan fingerprint density at radius 3 is 2.77 bits per heavy atom. The van der Waals surface area contributed by atoms with Crippen LogP contribution in [-0.2, 0) is 0 Å². The lowest BCUT2D eigenvalue weighted by Crippen LogP contribution is -2.27. The van der Waals surface area contributed by atoms with Crippen LogP contribution >= 0.6 is 11.3 Å². The van der Waals surface area contributed by atoms with E-state index in [2.05, 4.69) is 14.9 Å². The standard InChI is InChI=1S/C15H22N4O2S/c1-10-18-13-14(21)11(9-12(20)15(13)22-10)17-6-4-8-19(2)7-3-5-16/h3-9,16H2,1-2H3. The van der Waals surface area contributed by atoms with Gasteiger partial charge in [-0.2, -0.15) is 0 Å². The van der Waals surface area contributed by atoms with E-state index in [4.69, 9.17) is 5.73 Å². The number of carbonyl (C=O) groups excluding carboxylic acids is 2. The van der Waals surface area contributed by atoms with Crippen LogP contribution in [0.4, 0.5) is 0 Å². The number of ketones is 2. The smallest absolute Gasteiger partial charge is 0.227 e. The Kier molecular flexibility index (Phi) is 5.93. The summed E-state index contributed by atoms with van der Waals surface area (Å²) < 4.78 is 0. The van der Waals surface area contributed by atoms with E-state index in [0.717, 1.165) is 30.9 Å². The molecule has 1 aliphatic rings. The molecule has 22 heavy (non-hydrogen) atoms. The minimum absolute atomic E-state index is 0.0426. The summed E-state index contributed by atoms with van der Waals surface area (Å²) in [6.07, 6.45) is 1.94. The van der Waals surface area contributed by atoms with Crippen LogP contribution in [0.3, 0.4) is 0 Å². The fraction of sp³-hybridized carbons (Fsp3) is 0.600. The number of aromatic nitrogens is 1. The molecule has 1 aliphatic carbocycles. The number of hydrogen-bond acceptors (Lipinski definition) is 7. The van der Waals surface area contributed by atoms with Gasteiger partial charge >= 0.3 is 0 Å². The van der Waals surface area contributed by atoms with Crippen LogP contribution in [0.25, 0.3) is 0 Å². The molecule has 0 saturated heterocycles. The maximum atomic E-state index is 12.3. The number of fused-ring (bicyclic) bond motifs is 1. The minimum Gasteiger partial charge on any atom is -0.330 e. The molecule has 0 unspecified atom stereocenters. The zero-order valence-corrected chi connectivity index (χ0v) is 13.9. The van der Waals surface area contributed by atoms with Gasteiger partial charge in [0.25, 0.3) is 0 Å². The largest absolute Gasteiger partial charge is 0.330 e. The summed E-state index contributed by atoms with van der Waals surface area (Å²) in [5.41, 5.74) is 6.12. The molecule has 0 aliphatic heterocycles. The van der Waals surface area contributed by atoms with Gasteiger partial charge in [0.05, 0.1) is 17.1 Å². The number of rotatable bonds is 7. The topological polar surface area (TPSA) is 88.7 Å². The summed E-state index contributed by atoms with van der Waals surface area (Å²) in [7, 11) is 2.04. The fourth-order valence-corrected chi connectivity index (χ4v) is 3.23. The third-order valence-electron chi connectivity index (χ3n) is 3.54. The molecule has 0 radical (unpaired) electrons. The Morgan fingerprint density at radius 2 is 2.05 bits per heavy atom. The van der Waals surface area contributed by atoms with Gasteiger partial charge in [-0.15, -0.1) is 11.3 Å². The van der Waals surface area contributed by atoms with Crippen molar-refractivity contribution in [2.75, 3.05) is 33.2 Å². The van der Waals surface area contributed by atoms with E-state index < -0.39 is 0 Å². The average Bonchev–Trinajstić information content (AvgIpc) is 2.89. The van der Waals surface area contributed by atoms with E-state index in [-0.39, 0.29) is 23.7 Å². The lowest BCUT2D eigenvalue weighted by Gasteiger charge is -2.15. The quantitative estimate of drug-likeness (QED) is 0.765. The molecule has 1 heterocycles. The lowest BCUT2D eigenvalue weighted by atomic mass is 9.98. The van der Waals surface area contributed by atoms with Crippen molar-refractivity contribution >= 4 is 28.6 Å². The number of nitrogens with two attached hydrogens (primary N) is 1. The molecule has 0 bridgehead atoms. The van der Waals surface area contributed by atoms with Crippen molar-refractivity contribution in [3.8, 4) is 0 Å². The van der Waals surface area contributed by atoms with Crippen molar-refractivity contribution < 1.29 is 9.59 Å². The summed E-state index contributed by atoms with van der Waals surface area (Å²) in [6, 6.07) is 0. The van der Waals surface area contributed by atoms with Crippen LogP contribution in [0, 0.1) is 6.92 Å². The minimum atomic E-state index is -0.185. The maximum absolute atomic E-state index is 12.3. The molecule has 0 saturated carbocycles. The molecule has 2 N–H and O–H groups in total. The van der Waals surface area contributed by atoms with Crippen LogP contribution in [-0.4, -0.2) is 60.4 Å². The van der Waals surface area contributed by atoms with Gasteiger partial charge in [-0.3, -0.25) is 14.6 Å². The molecule has 0 aromatic carbocycles. The van der Waals surface area contributed by atoms with Gasteiger partial charge in [-0.1, -0.05) is 0 Å². The Balaban J connectivity index is 1.91. The van der Waals surface area contributed by atoms with Gasteiger partial charge in [0, 0.05) is 6.54 Å². The molecular formula is C15H22N4O2S. The van der Waals surface area contributed by atoms with E-state index in [1.54, 1.807) is 6.92 Å². The van der Waals surface area contributed by atoms with Crippen LogP contribution in [0.2, 0.25) is 0 Å². The molecule has 6 nitrogen and oxygen atoms in total. The van der Waals surface area contributed by atoms with E-state index in [1.165, 1.54) is 11.3 Å². The van der Waals surface area contributed by atoms with Gasteiger partial charge in [0.2, 0.25) is 5.78 Å². The highest BCUT2D eigenvalue weighted by Crippen LogP contribution is 2.25. The molecule has 2 rings (SSSR count). The highest BCUT2D eigenvalue weighted by Gasteiger charge is 2.32. The first-order valence-electron chi connectivity index (χ1n) is 7.50. The Bertz CT molecular complexity index is 594. The second kappa shape index (κ2) is 7.71. The summed E-state index contributed by atoms with van der Waals surface area (Å²) in [6.45, 7) is 4.92. The second-order valence-corrected chi connectivity index (χ2v) is 6.67. The maximum Gasteiger partial charge on any atom is 0.227 e. The van der Waals surface area contributed by atoms with Crippen molar-refractivity contribution in [2.24, 2.45) is 10.7 Å². The van der Waals surface area contributed by atoms with Gasteiger partial charge in [0.1, 0.15) is 10.6 Å². The third kappa shape index (κ3) is 4.06. The first-order chi connectivity index (χ1) is 10.5. The molecule has 0 fully saturated rings. The van der Waals surface area contributed by atoms with Crippen molar-refractivity contribution in [1.29, 1.82) is 0 Å². The van der Waals surface area contributed by atoms with Crippen molar-refractivity contribution in [1.82, 2.24) is 9.88 Å². The van der Waals surface area contributed by atoms with Gasteiger partial charge in [-0.25, -0.2) is 4.98 Å². The SMILES string of the molecule is Cc1nc2c(s1)C(=O)CC(=NCCCN(C)CCCN)C2=O. The van der Waals surface area contributed by atoms with Crippen LogP contribution in [0.1, 0.15) is 44.4 Å². The fourth-order valence-electron chi connectivity index (χ4n) is 2.37. The molecule has 0 atom stereocenters. The zero-order chi connectivity index (χ0) is 16.1. The number of Topliss-reactive ketones (excluding diaryl/α,β-unsaturated/α-hetero) is 2. The van der Waals surface area contributed by atoms with Gasteiger partial charge < -0.3 is 10.6 Å². The predicted molar refractivity (Wildman–Crippen MR) is 88.2 cm³/mol.